The molecule has 150 valence electrons. The maximum atomic E-state index is 9.99. The number of nitrogens with zero attached hydrogens (tertiary/aromatic N) is 1. The van der Waals surface area contributed by atoms with Crippen molar-refractivity contribution in [3.05, 3.63) is 53.1 Å². The number of fused-ring (bicyclic) bond motifs is 1. The number of phenolic OH excluding ortho intramolecular Hbond substituents is 2. The molecule has 0 amide bonds. The van der Waals surface area contributed by atoms with Crippen molar-refractivity contribution in [2.45, 2.75) is 45.6 Å². The molecule has 28 heavy (non-hydrogen) atoms. The summed E-state index contributed by atoms with van der Waals surface area (Å²) in [6, 6.07) is 11.7. The quantitative estimate of drug-likeness (QED) is 0.528. The summed E-state index contributed by atoms with van der Waals surface area (Å²) in [7, 11) is 1.68. The summed E-state index contributed by atoms with van der Waals surface area (Å²) in [6.45, 7) is 5.20. The second kappa shape index (κ2) is 8.82. The van der Waals surface area contributed by atoms with E-state index in [4.69, 9.17) is 17.0 Å². The number of methoxy groups -OCH3 is 1. The minimum absolute atomic E-state index is 0.0447. The lowest BCUT2D eigenvalue weighted by Crippen LogP contribution is -2.41. The monoisotopic (exact) mass is 399 g/mol. The Labute approximate surface area is 172 Å². The van der Waals surface area contributed by atoms with Crippen molar-refractivity contribution < 1.29 is 14.9 Å². The minimum Gasteiger partial charge on any atom is -0.504 e. The van der Waals surface area contributed by atoms with Crippen molar-refractivity contribution in [2.75, 3.05) is 13.7 Å². The highest BCUT2D eigenvalue weighted by Crippen LogP contribution is 2.40. The molecule has 4 nitrogen and oxygen atoms in total. The van der Waals surface area contributed by atoms with Gasteiger partial charge in [0.2, 0.25) is 0 Å². The van der Waals surface area contributed by atoms with Gasteiger partial charge in [0.25, 0.3) is 0 Å². The maximum Gasteiger partial charge on any atom is 0.157 e. The summed E-state index contributed by atoms with van der Waals surface area (Å²) < 4.78 is 5.21. The molecule has 3 rings (SSSR count). The van der Waals surface area contributed by atoms with Crippen LogP contribution in [-0.2, 0) is 12.8 Å². The molecule has 0 fully saturated rings. The van der Waals surface area contributed by atoms with E-state index in [9.17, 15) is 10.2 Å². The number of benzene rings is 2. The van der Waals surface area contributed by atoms with E-state index in [0.717, 1.165) is 54.1 Å². The Kier molecular flexibility index (Phi) is 6.45. The first-order chi connectivity index (χ1) is 13.4. The molecule has 2 aromatic carbocycles. The molecular weight excluding hydrogens is 370 g/mol. The molecule has 0 aliphatic carbocycles. The van der Waals surface area contributed by atoms with E-state index in [1.165, 1.54) is 5.56 Å². The highest BCUT2D eigenvalue weighted by Gasteiger charge is 2.32. The average molecular weight is 400 g/mol. The van der Waals surface area contributed by atoms with Crippen LogP contribution in [-0.4, -0.2) is 33.8 Å². The van der Waals surface area contributed by atoms with Gasteiger partial charge >= 0.3 is 0 Å². The summed E-state index contributed by atoms with van der Waals surface area (Å²) in [5.41, 5.74) is 3.47. The standard InChI is InChI=1S/C23H29NO3S/c1-15(2)23-19-14-21(26)20(25)13-17(19)11-12-24(23)22(28)6-4-5-16-7-9-18(27-3)10-8-16/h7-10,13-15,23,25-26H,4-6,11-12H2,1-3H3. The van der Waals surface area contributed by atoms with Crippen LogP contribution in [0, 0.1) is 5.92 Å². The lowest BCUT2D eigenvalue weighted by atomic mass is 9.85. The lowest BCUT2D eigenvalue weighted by Gasteiger charge is -2.41. The van der Waals surface area contributed by atoms with Gasteiger partial charge in [-0.3, -0.25) is 0 Å². The van der Waals surface area contributed by atoms with E-state index in [-0.39, 0.29) is 17.5 Å². The summed E-state index contributed by atoms with van der Waals surface area (Å²) in [6.07, 6.45) is 3.67. The number of thiocarbonyl (C=S) groups is 1. The zero-order valence-corrected chi connectivity index (χ0v) is 17.6. The molecule has 1 atom stereocenters. The molecule has 1 aliphatic heterocycles. The van der Waals surface area contributed by atoms with Crippen LogP contribution >= 0.6 is 12.2 Å². The third-order valence-corrected chi connectivity index (χ3v) is 5.92. The Morgan fingerprint density at radius 2 is 1.86 bits per heavy atom. The summed E-state index contributed by atoms with van der Waals surface area (Å²) in [4.78, 5) is 3.29. The maximum absolute atomic E-state index is 9.99. The number of hydrogen-bond acceptors (Lipinski definition) is 4. The van der Waals surface area contributed by atoms with Gasteiger partial charge in [-0.15, -0.1) is 0 Å². The van der Waals surface area contributed by atoms with Crippen LogP contribution in [0.1, 0.15) is 49.4 Å². The lowest BCUT2D eigenvalue weighted by molar-refractivity contribution is 0.235. The molecule has 0 spiro atoms. The first-order valence-corrected chi connectivity index (χ1v) is 10.3. The van der Waals surface area contributed by atoms with Gasteiger partial charge in [0.1, 0.15) is 5.75 Å². The van der Waals surface area contributed by atoms with Crippen LogP contribution < -0.4 is 4.74 Å². The van der Waals surface area contributed by atoms with Crippen LogP contribution in [0.25, 0.3) is 0 Å². The first kappa shape index (κ1) is 20.5. The third-order valence-electron chi connectivity index (χ3n) is 5.48. The van der Waals surface area contributed by atoms with Crippen LogP contribution in [0.5, 0.6) is 17.2 Å². The van der Waals surface area contributed by atoms with Crippen molar-refractivity contribution in [3.63, 3.8) is 0 Å². The Morgan fingerprint density at radius 1 is 1.18 bits per heavy atom. The van der Waals surface area contributed by atoms with Gasteiger partial charge in [-0.1, -0.05) is 38.2 Å². The molecule has 5 heteroatoms. The molecule has 0 saturated heterocycles. The highest BCUT2D eigenvalue weighted by atomic mass is 32.1. The number of aryl methyl sites for hydroxylation is 1. The van der Waals surface area contributed by atoms with Crippen LogP contribution in [0.3, 0.4) is 0 Å². The molecule has 2 N–H and O–H groups in total. The SMILES string of the molecule is COc1ccc(CCCC(=S)N2CCc3cc(O)c(O)cc3C2C(C)C)cc1. The van der Waals surface area contributed by atoms with Gasteiger partial charge in [0, 0.05) is 6.54 Å². The fourth-order valence-electron chi connectivity index (χ4n) is 4.05. The first-order valence-electron chi connectivity index (χ1n) is 9.88. The molecule has 0 radical (unpaired) electrons. The fourth-order valence-corrected chi connectivity index (χ4v) is 4.40. The third kappa shape index (κ3) is 4.41. The Bertz CT molecular complexity index is 832. The van der Waals surface area contributed by atoms with E-state index in [0.29, 0.717) is 5.92 Å². The molecule has 1 heterocycles. The van der Waals surface area contributed by atoms with E-state index in [1.807, 2.05) is 12.1 Å². The van der Waals surface area contributed by atoms with Crippen molar-refractivity contribution in [1.29, 1.82) is 0 Å². The highest BCUT2D eigenvalue weighted by molar-refractivity contribution is 7.80. The van der Waals surface area contributed by atoms with Gasteiger partial charge in [-0.05, 0) is 72.6 Å². The van der Waals surface area contributed by atoms with E-state index in [1.54, 1.807) is 19.2 Å². The largest absolute Gasteiger partial charge is 0.504 e. The fraction of sp³-hybridized carbons (Fsp3) is 0.435. The number of aromatic hydroxyl groups is 2. The summed E-state index contributed by atoms with van der Waals surface area (Å²) in [5.74, 6) is 1.12. The van der Waals surface area contributed by atoms with Gasteiger partial charge in [0.15, 0.2) is 11.5 Å². The summed E-state index contributed by atoms with van der Waals surface area (Å²) >= 11 is 5.81. The average Bonchev–Trinajstić information content (AvgIpc) is 2.68. The van der Waals surface area contributed by atoms with Crippen molar-refractivity contribution >= 4 is 17.2 Å². The minimum atomic E-state index is -0.0586. The second-order valence-corrected chi connectivity index (χ2v) is 8.24. The van der Waals surface area contributed by atoms with Crippen LogP contribution in [0.4, 0.5) is 0 Å². The number of phenols is 2. The second-order valence-electron chi connectivity index (χ2n) is 7.77. The Hall–Kier alpha value is -2.27. The normalized spacial score (nSPS) is 16.1. The smallest absolute Gasteiger partial charge is 0.157 e. The number of ether oxygens (including phenoxy) is 1. The van der Waals surface area contributed by atoms with Crippen LogP contribution in [0.2, 0.25) is 0 Å². The Balaban J connectivity index is 1.67. The molecule has 1 aliphatic rings. The number of rotatable bonds is 6. The molecule has 0 aromatic heterocycles. The zero-order chi connectivity index (χ0) is 20.3. The van der Waals surface area contributed by atoms with E-state index >= 15 is 0 Å². The predicted octanol–water partition coefficient (Wildman–Crippen LogP) is 5.01. The molecule has 2 aromatic rings. The van der Waals surface area contributed by atoms with Crippen LogP contribution in [0.15, 0.2) is 36.4 Å². The van der Waals surface area contributed by atoms with Gasteiger partial charge < -0.3 is 19.8 Å². The van der Waals surface area contributed by atoms with Gasteiger partial charge in [0.05, 0.1) is 18.1 Å². The van der Waals surface area contributed by atoms with E-state index in [2.05, 4.69) is 30.9 Å². The summed E-state index contributed by atoms with van der Waals surface area (Å²) in [5, 5.41) is 19.8. The topological polar surface area (TPSA) is 52.9 Å². The molecule has 0 bridgehead atoms. The van der Waals surface area contributed by atoms with Crippen molar-refractivity contribution in [3.8, 4) is 17.2 Å². The van der Waals surface area contributed by atoms with Crippen molar-refractivity contribution in [2.24, 2.45) is 5.92 Å². The predicted molar refractivity (Wildman–Crippen MR) is 116 cm³/mol. The molecular formula is C23H29NO3S. The van der Waals surface area contributed by atoms with Crippen molar-refractivity contribution in [1.82, 2.24) is 4.90 Å². The zero-order valence-electron chi connectivity index (χ0n) is 16.8. The molecule has 1 unspecified atom stereocenters. The van der Waals surface area contributed by atoms with E-state index < -0.39 is 0 Å². The van der Waals surface area contributed by atoms with Gasteiger partial charge in [-0.2, -0.15) is 0 Å². The molecule has 0 saturated carbocycles. The van der Waals surface area contributed by atoms with Gasteiger partial charge in [-0.25, -0.2) is 0 Å². The number of hydrogen-bond donors (Lipinski definition) is 2. The Morgan fingerprint density at radius 3 is 2.50 bits per heavy atom.